The second kappa shape index (κ2) is 5.72. The minimum absolute atomic E-state index is 0.319. The van der Waals surface area contributed by atoms with Gasteiger partial charge in [-0.2, -0.15) is 0 Å². The SMILES string of the molecule is CC1CCC(Oc2cccc(CCl)n2)CC1C. The molecule has 2 nitrogen and oxygen atoms in total. The first kappa shape index (κ1) is 12.7. The van der Waals surface area contributed by atoms with E-state index in [4.69, 9.17) is 16.3 Å². The molecule has 1 aromatic heterocycles. The largest absolute Gasteiger partial charge is 0.474 e. The van der Waals surface area contributed by atoms with E-state index in [0.717, 1.165) is 36.3 Å². The molecule has 0 radical (unpaired) electrons. The van der Waals surface area contributed by atoms with E-state index in [9.17, 15) is 0 Å². The van der Waals surface area contributed by atoms with E-state index in [0.29, 0.717) is 12.0 Å². The number of halogens is 1. The molecular formula is C14H20ClNO. The monoisotopic (exact) mass is 253 g/mol. The van der Waals surface area contributed by atoms with Crippen LogP contribution in [0, 0.1) is 11.8 Å². The third kappa shape index (κ3) is 3.35. The molecule has 1 heterocycles. The van der Waals surface area contributed by atoms with Crippen molar-refractivity contribution in [2.75, 3.05) is 0 Å². The van der Waals surface area contributed by atoms with E-state index in [2.05, 4.69) is 18.8 Å². The molecule has 3 heteroatoms. The van der Waals surface area contributed by atoms with E-state index in [1.165, 1.54) is 6.42 Å². The van der Waals surface area contributed by atoms with Gasteiger partial charge in [-0.3, -0.25) is 0 Å². The van der Waals surface area contributed by atoms with Gasteiger partial charge in [0.15, 0.2) is 0 Å². The van der Waals surface area contributed by atoms with Gasteiger partial charge in [0.05, 0.1) is 11.6 Å². The van der Waals surface area contributed by atoms with E-state index >= 15 is 0 Å². The number of hydrogen-bond acceptors (Lipinski definition) is 2. The lowest BCUT2D eigenvalue weighted by Crippen LogP contribution is -2.29. The summed E-state index contributed by atoms with van der Waals surface area (Å²) in [5.74, 6) is 2.71. The maximum Gasteiger partial charge on any atom is 0.213 e. The quantitative estimate of drug-likeness (QED) is 0.759. The van der Waals surface area contributed by atoms with Gasteiger partial charge in [0, 0.05) is 6.07 Å². The lowest BCUT2D eigenvalue weighted by atomic mass is 9.80. The Morgan fingerprint density at radius 2 is 2.12 bits per heavy atom. The summed E-state index contributed by atoms with van der Waals surface area (Å²) in [7, 11) is 0. The van der Waals surface area contributed by atoms with Gasteiger partial charge in [0.2, 0.25) is 5.88 Å². The molecule has 17 heavy (non-hydrogen) atoms. The lowest BCUT2D eigenvalue weighted by Gasteiger charge is -2.31. The van der Waals surface area contributed by atoms with Gasteiger partial charge in [-0.25, -0.2) is 4.98 Å². The fourth-order valence-corrected chi connectivity index (χ4v) is 2.52. The Balaban J connectivity index is 1.96. The predicted molar refractivity (Wildman–Crippen MR) is 70.4 cm³/mol. The molecule has 94 valence electrons. The minimum atomic E-state index is 0.319. The van der Waals surface area contributed by atoms with Crippen LogP contribution in [0.3, 0.4) is 0 Å². The van der Waals surface area contributed by atoms with Gasteiger partial charge >= 0.3 is 0 Å². The van der Waals surface area contributed by atoms with E-state index in [1.807, 2.05) is 18.2 Å². The summed E-state index contributed by atoms with van der Waals surface area (Å²) < 4.78 is 5.95. The minimum Gasteiger partial charge on any atom is -0.474 e. The predicted octanol–water partition coefficient (Wildman–Crippen LogP) is 4.02. The molecule has 0 aliphatic heterocycles. The van der Waals surface area contributed by atoms with E-state index < -0.39 is 0 Å². The zero-order valence-corrected chi connectivity index (χ0v) is 11.3. The van der Waals surface area contributed by atoms with Crippen LogP contribution in [0.1, 0.15) is 38.8 Å². The second-order valence-electron chi connectivity index (χ2n) is 5.11. The summed E-state index contributed by atoms with van der Waals surface area (Å²) in [4.78, 5) is 4.38. The summed E-state index contributed by atoms with van der Waals surface area (Å²) in [5, 5.41) is 0. The van der Waals surface area contributed by atoms with Gasteiger partial charge in [0.25, 0.3) is 0 Å². The maximum atomic E-state index is 5.95. The van der Waals surface area contributed by atoms with Gasteiger partial charge < -0.3 is 4.74 Å². The molecule has 0 spiro atoms. The second-order valence-corrected chi connectivity index (χ2v) is 5.38. The van der Waals surface area contributed by atoms with Crippen molar-refractivity contribution in [2.24, 2.45) is 11.8 Å². The smallest absolute Gasteiger partial charge is 0.213 e. The Hall–Kier alpha value is -0.760. The Morgan fingerprint density at radius 3 is 2.82 bits per heavy atom. The zero-order chi connectivity index (χ0) is 12.3. The first-order valence-electron chi connectivity index (χ1n) is 6.37. The van der Waals surface area contributed by atoms with Crippen molar-refractivity contribution in [1.29, 1.82) is 0 Å². The normalized spacial score (nSPS) is 29.0. The third-order valence-electron chi connectivity index (χ3n) is 3.76. The number of pyridine rings is 1. The molecular weight excluding hydrogens is 234 g/mol. The highest BCUT2D eigenvalue weighted by Crippen LogP contribution is 2.31. The number of rotatable bonds is 3. The molecule has 3 atom stereocenters. The highest BCUT2D eigenvalue weighted by atomic mass is 35.5. The van der Waals surface area contributed by atoms with Crippen LogP contribution in [-0.4, -0.2) is 11.1 Å². The summed E-state index contributed by atoms with van der Waals surface area (Å²) in [6.07, 6.45) is 3.84. The number of aromatic nitrogens is 1. The first-order valence-corrected chi connectivity index (χ1v) is 6.91. The van der Waals surface area contributed by atoms with Crippen LogP contribution in [0.5, 0.6) is 5.88 Å². The van der Waals surface area contributed by atoms with Crippen molar-refractivity contribution < 1.29 is 4.74 Å². The number of hydrogen-bond donors (Lipinski definition) is 0. The van der Waals surface area contributed by atoms with Crippen molar-refractivity contribution in [3.8, 4) is 5.88 Å². The maximum absolute atomic E-state index is 5.95. The summed E-state index contributed by atoms with van der Waals surface area (Å²) >= 11 is 5.77. The summed E-state index contributed by atoms with van der Waals surface area (Å²) in [6, 6.07) is 5.79. The standard InChI is InChI=1S/C14H20ClNO/c1-10-6-7-13(8-11(10)2)17-14-5-3-4-12(9-15)16-14/h3-5,10-11,13H,6-9H2,1-2H3. The summed E-state index contributed by atoms with van der Waals surface area (Å²) in [5.41, 5.74) is 0.876. The Labute approximate surface area is 108 Å². The Bertz CT molecular complexity index is 369. The topological polar surface area (TPSA) is 22.1 Å². The number of ether oxygens (including phenoxy) is 1. The average molecular weight is 254 g/mol. The summed E-state index contributed by atoms with van der Waals surface area (Å²) in [6.45, 7) is 4.63. The zero-order valence-electron chi connectivity index (χ0n) is 10.5. The van der Waals surface area contributed by atoms with Crippen LogP contribution >= 0.6 is 11.6 Å². The van der Waals surface area contributed by atoms with Crippen LogP contribution in [-0.2, 0) is 5.88 Å². The van der Waals surface area contributed by atoms with Crippen molar-refractivity contribution in [3.05, 3.63) is 23.9 Å². The molecule has 1 aromatic rings. The molecule has 0 bridgehead atoms. The molecule has 0 saturated heterocycles. The van der Waals surface area contributed by atoms with E-state index in [1.54, 1.807) is 0 Å². The van der Waals surface area contributed by atoms with Gasteiger partial charge in [-0.05, 0) is 37.2 Å². The number of alkyl halides is 1. The molecule has 0 N–H and O–H groups in total. The fourth-order valence-electron chi connectivity index (χ4n) is 2.37. The van der Waals surface area contributed by atoms with Crippen LogP contribution in [0.15, 0.2) is 18.2 Å². The Morgan fingerprint density at radius 1 is 1.29 bits per heavy atom. The van der Waals surface area contributed by atoms with Crippen molar-refractivity contribution >= 4 is 11.6 Å². The third-order valence-corrected chi connectivity index (χ3v) is 4.03. The van der Waals surface area contributed by atoms with Crippen LogP contribution in [0.25, 0.3) is 0 Å². The molecule has 1 saturated carbocycles. The van der Waals surface area contributed by atoms with Gasteiger partial charge in [-0.1, -0.05) is 19.9 Å². The lowest BCUT2D eigenvalue weighted by molar-refractivity contribution is 0.0963. The van der Waals surface area contributed by atoms with Crippen molar-refractivity contribution in [1.82, 2.24) is 4.98 Å². The highest BCUT2D eigenvalue weighted by Gasteiger charge is 2.25. The average Bonchev–Trinajstić information content (AvgIpc) is 2.34. The molecule has 1 aliphatic carbocycles. The van der Waals surface area contributed by atoms with E-state index in [-0.39, 0.29) is 0 Å². The highest BCUT2D eigenvalue weighted by molar-refractivity contribution is 6.16. The number of nitrogens with zero attached hydrogens (tertiary/aromatic N) is 1. The van der Waals surface area contributed by atoms with Crippen molar-refractivity contribution in [2.45, 2.75) is 45.1 Å². The molecule has 0 aromatic carbocycles. The van der Waals surface area contributed by atoms with Crippen LogP contribution in [0.4, 0.5) is 0 Å². The van der Waals surface area contributed by atoms with Gasteiger partial charge in [-0.15, -0.1) is 11.6 Å². The Kier molecular flexibility index (Phi) is 4.27. The molecule has 1 aliphatic rings. The van der Waals surface area contributed by atoms with Gasteiger partial charge in [0.1, 0.15) is 6.10 Å². The van der Waals surface area contributed by atoms with Crippen LogP contribution in [0.2, 0.25) is 0 Å². The molecule has 1 fully saturated rings. The molecule has 0 amide bonds. The first-order chi connectivity index (χ1) is 8.19. The van der Waals surface area contributed by atoms with Crippen LogP contribution < -0.4 is 4.74 Å². The molecule has 3 unspecified atom stereocenters. The fraction of sp³-hybridized carbons (Fsp3) is 0.643. The van der Waals surface area contributed by atoms with Crippen molar-refractivity contribution in [3.63, 3.8) is 0 Å². The molecule has 2 rings (SSSR count).